The lowest BCUT2D eigenvalue weighted by Crippen LogP contribution is -2.37. The molecule has 0 rings (SSSR count). The van der Waals surface area contributed by atoms with Crippen LogP contribution in [-0.4, -0.2) is 43.5 Å². The van der Waals surface area contributed by atoms with E-state index in [-0.39, 0.29) is 0 Å². The lowest BCUT2D eigenvalue weighted by Gasteiger charge is -2.30. The number of rotatable bonds is 15. The van der Waals surface area contributed by atoms with E-state index in [4.69, 9.17) is 4.74 Å². The molecule has 0 radical (unpaired) electrons. The fourth-order valence-electron chi connectivity index (χ4n) is 2.80. The molecule has 0 saturated carbocycles. The minimum absolute atomic E-state index is 0.737. The number of nitrogens with zero attached hydrogens (tertiary/aromatic N) is 1. The van der Waals surface area contributed by atoms with Gasteiger partial charge in [-0.05, 0) is 38.0 Å². The molecule has 0 aliphatic heterocycles. The largest absolute Gasteiger partial charge is 0.383 e. The minimum Gasteiger partial charge on any atom is -0.383 e. The van der Waals surface area contributed by atoms with Gasteiger partial charge in [-0.2, -0.15) is 12.6 Å². The van der Waals surface area contributed by atoms with Gasteiger partial charge in [0, 0.05) is 19.7 Å². The zero-order chi connectivity index (χ0) is 15.1. The van der Waals surface area contributed by atoms with Crippen LogP contribution in [0.5, 0.6) is 0 Å². The lowest BCUT2D eigenvalue weighted by molar-refractivity contribution is 0.113. The molecule has 0 aromatic rings. The van der Waals surface area contributed by atoms with Gasteiger partial charge < -0.3 is 4.74 Å². The molecule has 0 spiro atoms. The zero-order valence-corrected chi connectivity index (χ0v) is 15.0. The van der Waals surface area contributed by atoms with Crippen LogP contribution in [0.15, 0.2) is 0 Å². The molecule has 0 bridgehead atoms. The van der Waals surface area contributed by atoms with Gasteiger partial charge in [0.25, 0.3) is 0 Å². The molecule has 0 N–H and O–H groups in total. The summed E-state index contributed by atoms with van der Waals surface area (Å²) in [7, 11) is 1.80. The molecule has 0 fully saturated rings. The highest BCUT2D eigenvalue weighted by molar-refractivity contribution is 7.80. The van der Waals surface area contributed by atoms with Gasteiger partial charge in [0.2, 0.25) is 0 Å². The average molecular weight is 304 g/mol. The maximum absolute atomic E-state index is 5.25. The molecule has 0 unspecified atom stereocenters. The van der Waals surface area contributed by atoms with Crippen molar-refractivity contribution in [2.45, 2.75) is 77.7 Å². The van der Waals surface area contributed by atoms with Crippen molar-refractivity contribution < 1.29 is 4.74 Å². The molecule has 0 aliphatic rings. The molecule has 0 aliphatic carbocycles. The molecule has 20 heavy (non-hydrogen) atoms. The van der Waals surface area contributed by atoms with E-state index in [9.17, 15) is 0 Å². The third-order valence-corrected chi connectivity index (χ3v) is 4.46. The summed E-state index contributed by atoms with van der Waals surface area (Å²) < 4.78 is 5.25. The molecule has 0 atom stereocenters. The summed E-state index contributed by atoms with van der Waals surface area (Å²) >= 11 is 4.25. The van der Waals surface area contributed by atoms with Gasteiger partial charge in [0.05, 0.1) is 6.61 Å². The Hall–Kier alpha value is 0.270. The summed E-state index contributed by atoms with van der Waals surface area (Å²) in [5.74, 6) is 1.05. The predicted molar refractivity (Wildman–Crippen MR) is 94.0 cm³/mol. The second-order valence-corrected chi connectivity index (χ2v) is 6.14. The van der Waals surface area contributed by atoms with Crippen LogP contribution in [0.3, 0.4) is 0 Å². The van der Waals surface area contributed by atoms with Crippen molar-refractivity contribution in [3.05, 3.63) is 0 Å². The Labute approximate surface area is 133 Å². The predicted octanol–water partition coefficient (Wildman–Crippen LogP) is 4.78. The Kier molecular flexibility index (Phi) is 15.9. The van der Waals surface area contributed by atoms with E-state index in [1.807, 2.05) is 0 Å². The molecular weight excluding hydrogens is 266 g/mol. The molecule has 0 heterocycles. The summed E-state index contributed by atoms with van der Waals surface area (Å²) in [4.78, 5) is 2.63. The van der Waals surface area contributed by atoms with Crippen molar-refractivity contribution >= 4 is 12.6 Å². The standard InChI is InChI=1S/C17H37NOS/c1-4-17(5-2)18(14-15-19-3)13-11-9-7-6-8-10-12-16-20/h17,20H,4-16H2,1-3H3. The third kappa shape index (κ3) is 11.0. The van der Waals surface area contributed by atoms with Gasteiger partial charge in [-0.1, -0.05) is 46.0 Å². The second kappa shape index (κ2) is 15.7. The van der Waals surface area contributed by atoms with Crippen LogP contribution in [0, 0.1) is 0 Å². The van der Waals surface area contributed by atoms with Gasteiger partial charge in [-0.25, -0.2) is 0 Å². The Bertz CT molecular complexity index is 186. The van der Waals surface area contributed by atoms with E-state index >= 15 is 0 Å². The average Bonchev–Trinajstić information content (AvgIpc) is 2.47. The number of ether oxygens (including phenoxy) is 1. The Morgan fingerprint density at radius 3 is 1.90 bits per heavy atom. The van der Waals surface area contributed by atoms with Crippen molar-refractivity contribution in [3.63, 3.8) is 0 Å². The second-order valence-electron chi connectivity index (χ2n) is 5.70. The third-order valence-electron chi connectivity index (χ3n) is 4.14. The van der Waals surface area contributed by atoms with E-state index < -0.39 is 0 Å². The van der Waals surface area contributed by atoms with Gasteiger partial charge in [-0.3, -0.25) is 4.90 Å². The summed E-state index contributed by atoms with van der Waals surface area (Å²) in [6.45, 7) is 7.79. The first-order valence-electron chi connectivity index (χ1n) is 8.63. The van der Waals surface area contributed by atoms with E-state index in [1.54, 1.807) is 7.11 Å². The Morgan fingerprint density at radius 1 is 0.850 bits per heavy atom. The van der Waals surface area contributed by atoms with E-state index in [1.165, 1.54) is 64.3 Å². The highest BCUT2D eigenvalue weighted by Gasteiger charge is 2.13. The van der Waals surface area contributed by atoms with E-state index in [0.717, 1.165) is 24.9 Å². The fourth-order valence-corrected chi connectivity index (χ4v) is 3.02. The minimum atomic E-state index is 0.737. The van der Waals surface area contributed by atoms with Crippen LogP contribution in [-0.2, 0) is 4.74 Å². The number of unbranched alkanes of at least 4 members (excludes halogenated alkanes) is 6. The lowest BCUT2D eigenvalue weighted by atomic mass is 10.1. The molecule has 3 heteroatoms. The maximum Gasteiger partial charge on any atom is 0.0589 e. The van der Waals surface area contributed by atoms with Crippen molar-refractivity contribution in [2.24, 2.45) is 0 Å². The molecule has 0 amide bonds. The Balaban J connectivity index is 3.67. The van der Waals surface area contributed by atoms with Crippen LogP contribution >= 0.6 is 12.6 Å². The summed E-state index contributed by atoms with van der Waals surface area (Å²) in [6.07, 6.45) is 12.1. The highest BCUT2D eigenvalue weighted by Crippen LogP contribution is 2.12. The zero-order valence-electron chi connectivity index (χ0n) is 14.1. The molecule has 0 aromatic carbocycles. The highest BCUT2D eigenvalue weighted by atomic mass is 32.1. The molecule has 0 aromatic heterocycles. The summed E-state index contributed by atoms with van der Waals surface area (Å²) in [5, 5.41) is 0. The van der Waals surface area contributed by atoms with Gasteiger partial charge in [-0.15, -0.1) is 0 Å². The van der Waals surface area contributed by atoms with Crippen molar-refractivity contribution in [2.75, 3.05) is 32.6 Å². The SMILES string of the molecule is CCC(CC)N(CCCCCCCCCS)CCOC. The smallest absolute Gasteiger partial charge is 0.0589 e. The van der Waals surface area contributed by atoms with Gasteiger partial charge in [0.15, 0.2) is 0 Å². The Morgan fingerprint density at radius 2 is 1.40 bits per heavy atom. The molecular formula is C17H37NOS. The fraction of sp³-hybridized carbons (Fsp3) is 1.00. The van der Waals surface area contributed by atoms with Crippen molar-refractivity contribution in [1.82, 2.24) is 4.90 Å². The number of hydrogen-bond acceptors (Lipinski definition) is 3. The van der Waals surface area contributed by atoms with Crippen LogP contribution in [0.25, 0.3) is 0 Å². The summed E-state index contributed by atoms with van der Waals surface area (Å²) in [6, 6.07) is 0.737. The first kappa shape index (κ1) is 20.3. The number of hydrogen-bond donors (Lipinski definition) is 1. The monoisotopic (exact) mass is 303 g/mol. The van der Waals surface area contributed by atoms with Gasteiger partial charge >= 0.3 is 0 Å². The first-order valence-corrected chi connectivity index (χ1v) is 9.27. The number of thiol groups is 1. The van der Waals surface area contributed by atoms with Crippen molar-refractivity contribution in [1.29, 1.82) is 0 Å². The van der Waals surface area contributed by atoms with Crippen LogP contribution in [0.2, 0.25) is 0 Å². The van der Waals surface area contributed by atoms with E-state index in [0.29, 0.717) is 0 Å². The number of methoxy groups -OCH3 is 1. The van der Waals surface area contributed by atoms with Crippen LogP contribution in [0.4, 0.5) is 0 Å². The van der Waals surface area contributed by atoms with Gasteiger partial charge in [0.1, 0.15) is 0 Å². The van der Waals surface area contributed by atoms with E-state index in [2.05, 4.69) is 31.4 Å². The maximum atomic E-state index is 5.25. The normalized spacial score (nSPS) is 11.7. The molecule has 122 valence electrons. The quantitative estimate of drug-likeness (QED) is 0.345. The van der Waals surface area contributed by atoms with Crippen molar-refractivity contribution in [3.8, 4) is 0 Å². The topological polar surface area (TPSA) is 12.5 Å². The van der Waals surface area contributed by atoms with Crippen LogP contribution in [0.1, 0.15) is 71.6 Å². The summed E-state index contributed by atoms with van der Waals surface area (Å²) in [5.41, 5.74) is 0. The molecule has 2 nitrogen and oxygen atoms in total. The first-order chi connectivity index (χ1) is 9.79. The molecule has 0 saturated heterocycles. The van der Waals surface area contributed by atoms with Crippen LogP contribution < -0.4 is 0 Å².